The summed E-state index contributed by atoms with van der Waals surface area (Å²) in [5.74, 6) is 0.825. The van der Waals surface area contributed by atoms with Gasteiger partial charge in [0.15, 0.2) is 0 Å². The number of hydrogen-bond acceptors (Lipinski definition) is 5. The highest BCUT2D eigenvalue weighted by Gasteiger charge is 2.24. The molecule has 1 saturated heterocycles. The Morgan fingerprint density at radius 2 is 2.40 bits per heavy atom. The van der Waals surface area contributed by atoms with Crippen LogP contribution >= 0.6 is 11.6 Å². The maximum Gasteiger partial charge on any atom is 0.223 e. The summed E-state index contributed by atoms with van der Waals surface area (Å²) >= 11 is 5.77. The quantitative estimate of drug-likeness (QED) is 0.747. The Labute approximate surface area is 93.0 Å². The van der Waals surface area contributed by atoms with E-state index in [9.17, 15) is 0 Å². The number of halogens is 1. The van der Waals surface area contributed by atoms with Crippen LogP contribution in [0.4, 0.5) is 11.8 Å². The summed E-state index contributed by atoms with van der Waals surface area (Å²) in [6, 6.07) is 1.92. The number of nitrogens with one attached hydrogen (secondary N) is 1. The number of nitrogens with zero attached hydrogens (tertiary/aromatic N) is 2. The highest BCUT2D eigenvalue weighted by molar-refractivity contribution is 6.29. The molecule has 15 heavy (non-hydrogen) atoms. The Balaban J connectivity index is 2.10. The molecule has 0 radical (unpaired) electrons. The van der Waals surface area contributed by atoms with Gasteiger partial charge in [0, 0.05) is 12.7 Å². The molecule has 82 valence electrons. The van der Waals surface area contributed by atoms with Crippen molar-refractivity contribution in [1.82, 2.24) is 9.97 Å². The zero-order valence-corrected chi connectivity index (χ0v) is 9.16. The van der Waals surface area contributed by atoms with Crippen LogP contribution in [0.25, 0.3) is 0 Å². The van der Waals surface area contributed by atoms with Gasteiger partial charge in [-0.2, -0.15) is 4.98 Å². The summed E-state index contributed by atoms with van der Waals surface area (Å²) in [5, 5.41) is 3.58. The van der Waals surface area contributed by atoms with Crippen molar-refractivity contribution in [2.45, 2.75) is 25.5 Å². The molecule has 1 aliphatic heterocycles. The molecule has 2 atom stereocenters. The van der Waals surface area contributed by atoms with Gasteiger partial charge in [0.05, 0.1) is 12.1 Å². The fourth-order valence-electron chi connectivity index (χ4n) is 1.62. The smallest absolute Gasteiger partial charge is 0.223 e. The van der Waals surface area contributed by atoms with Crippen molar-refractivity contribution in [1.29, 1.82) is 0 Å². The van der Waals surface area contributed by atoms with E-state index in [1.165, 1.54) is 0 Å². The molecule has 1 aromatic heterocycles. The predicted octanol–water partition coefficient (Wildman–Crippen LogP) is 1.30. The van der Waals surface area contributed by atoms with Crippen molar-refractivity contribution in [3.05, 3.63) is 11.2 Å². The first-order valence-electron chi connectivity index (χ1n) is 4.83. The Hall–Kier alpha value is -1.07. The molecule has 0 amide bonds. The number of nitrogens with two attached hydrogens (primary N) is 1. The minimum atomic E-state index is 0.177. The molecule has 0 spiro atoms. The van der Waals surface area contributed by atoms with E-state index in [2.05, 4.69) is 15.3 Å². The first-order valence-corrected chi connectivity index (χ1v) is 5.21. The van der Waals surface area contributed by atoms with Crippen molar-refractivity contribution >= 4 is 23.4 Å². The monoisotopic (exact) mass is 228 g/mol. The van der Waals surface area contributed by atoms with Crippen molar-refractivity contribution in [2.24, 2.45) is 0 Å². The normalized spacial score (nSPS) is 25.5. The third kappa shape index (κ3) is 2.49. The van der Waals surface area contributed by atoms with Crippen molar-refractivity contribution in [3.63, 3.8) is 0 Å². The fourth-order valence-corrected chi connectivity index (χ4v) is 1.81. The standard InChI is InChI=1S/C9H13ClN4O/c1-5-6(2-3-15-5)12-8-4-7(10)13-9(11)14-8/h4-6H,2-3H2,1H3,(H3,11,12,13,14). The van der Waals surface area contributed by atoms with Gasteiger partial charge in [-0.05, 0) is 13.3 Å². The molecular weight excluding hydrogens is 216 g/mol. The molecule has 0 saturated carbocycles. The molecule has 3 N–H and O–H groups in total. The Kier molecular flexibility index (Phi) is 2.93. The number of nitrogen functional groups attached to an aromatic ring is 1. The molecule has 2 rings (SSSR count). The lowest BCUT2D eigenvalue weighted by molar-refractivity contribution is 0.121. The van der Waals surface area contributed by atoms with Crippen LogP contribution in [0, 0.1) is 0 Å². The van der Waals surface area contributed by atoms with Crippen LogP contribution in [-0.4, -0.2) is 28.7 Å². The van der Waals surface area contributed by atoms with Gasteiger partial charge in [-0.3, -0.25) is 0 Å². The van der Waals surface area contributed by atoms with Crippen LogP contribution < -0.4 is 11.1 Å². The van der Waals surface area contributed by atoms with E-state index in [4.69, 9.17) is 22.1 Å². The van der Waals surface area contributed by atoms with E-state index in [0.29, 0.717) is 11.0 Å². The van der Waals surface area contributed by atoms with Gasteiger partial charge < -0.3 is 15.8 Å². The second-order valence-electron chi connectivity index (χ2n) is 3.55. The van der Waals surface area contributed by atoms with Crippen LogP contribution in [0.2, 0.25) is 5.15 Å². The first kappa shape index (κ1) is 10.4. The van der Waals surface area contributed by atoms with E-state index in [1.807, 2.05) is 6.92 Å². The van der Waals surface area contributed by atoms with Gasteiger partial charge >= 0.3 is 0 Å². The fraction of sp³-hybridized carbons (Fsp3) is 0.556. The predicted molar refractivity (Wildman–Crippen MR) is 58.9 cm³/mol. The van der Waals surface area contributed by atoms with Gasteiger partial charge in [-0.25, -0.2) is 4.98 Å². The largest absolute Gasteiger partial charge is 0.376 e. The lowest BCUT2D eigenvalue weighted by Crippen LogP contribution is -2.27. The SMILES string of the molecule is CC1OCCC1Nc1cc(Cl)nc(N)n1. The lowest BCUT2D eigenvalue weighted by atomic mass is 10.1. The molecule has 1 fully saturated rings. The van der Waals surface area contributed by atoms with E-state index < -0.39 is 0 Å². The van der Waals surface area contributed by atoms with Crippen molar-refractivity contribution in [3.8, 4) is 0 Å². The van der Waals surface area contributed by atoms with E-state index >= 15 is 0 Å². The highest BCUT2D eigenvalue weighted by Crippen LogP contribution is 2.19. The van der Waals surface area contributed by atoms with Gasteiger partial charge in [0.1, 0.15) is 11.0 Å². The molecule has 0 bridgehead atoms. The van der Waals surface area contributed by atoms with Crippen LogP contribution in [0.5, 0.6) is 0 Å². The molecule has 0 aliphatic carbocycles. The molecule has 0 aromatic carbocycles. The minimum absolute atomic E-state index is 0.177. The summed E-state index contributed by atoms with van der Waals surface area (Å²) in [6.45, 7) is 2.80. The third-order valence-corrected chi connectivity index (χ3v) is 2.62. The zero-order chi connectivity index (χ0) is 10.8. The van der Waals surface area contributed by atoms with E-state index in [1.54, 1.807) is 6.07 Å². The van der Waals surface area contributed by atoms with Crippen LogP contribution in [0.1, 0.15) is 13.3 Å². The van der Waals surface area contributed by atoms with Gasteiger partial charge in [0.25, 0.3) is 0 Å². The molecule has 2 unspecified atom stereocenters. The Morgan fingerprint density at radius 3 is 3.00 bits per heavy atom. The number of ether oxygens (including phenoxy) is 1. The highest BCUT2D eigenvalue weighted by atomic mass is 35.5. The number of hydrogen-bond donors (Lipinski definition) is 2. The van der Waals surface area contributed by atoms with E-state index in [-0.39, 0.29) is 18.1 Å². The second kappa shape index (κ2) is 4.20. The summed E-state index contributed by atoms with van der Waals surface area (Å²) in [6.07, 6.45) is 1.14. The van der Waals surface area contributed by atoms with Crippen molar-refractivity contribution < 1.29 is 4.74 Å². The average molecular weight is 229 g/mol. The maximum atomic E-state index is 5.77. The molecule has 6 heteroatoms. The summed E-state index contributed by atoms with van der Waals surface area (Å²) < 4.78 is 5.43. The van der Waals surface area contributed by atoms with Crippen LogP contribution in [0.3, 0.4) is 0 Å². The summed E-state index contributed by atoms with van der Waals surface area (Å²) in [5.41, 5.74) is 5.49. The lowest BCUT2D eigenvalue weighted by Gasteiger charge is -2.16. The topological polar surface area (TPSA) is 73.1 Å². The zero-order valence-electron chi connectivity index (χ0n) is 8.40. The van der Waals surface area contributed by atoms with Crippen LogP contribution in [0.15, 0.2) is 6.07 Å². The molecule has 5 nitrogen and oxygen atoms in total. The number of rotatable bonds is 2. The summed E-state index contributed by atoms with van der Waals surface area (Å²) in [4.78, 5) is 7.84. The van der Waals surface area contributed by atoms with E-state index in [0.717, 1.165) is 13.0 Å². The second-order valence-corrected chi connectivity index (χ2v) is 3.94. The maximum absolute atomic E-state index is 5.77. The van der Waals surface area contributed by atoms with Gasteiger partial charge in [-0.15, -0.1) is 0 Å². The molecule has 2 heterocycles. The summed E-state index contributed by atoms with van der Waals surface area (Å²) in [7, 11) is 0. The number of aromatic nitrogens is 2. The Bertz CT molecular complexity index is 340. The van der Waals surface area contributed by atoms with Gasteiger partial charge in [-0.1, -0.05) is 11.6 Å². The Morgan fingerprint density at radius 1 is 1.60 bits per heavy atom. The minimum Gasteiger partial charge on any atom is -0.376 e. The average Bonchev–Trinajstić information content (AvgIpc) is 2.50. The third-order valence-electron chi connectivity index (χ3n) is 2.42. The first-order chi connectivity index (χ1) is 7.15. The molecular formula is C9H13ClN4O. The molecule has 1 aliphatic rings. The molecule has 1 aromatic rings. The van der Waals surface area contributed by atoms with Crippen LogP contribution in [-0.2, 0) is 4.74 Å². The number of anilines is 2. The van der Waals surface area contributed by atoms with Gasteiger partial charge in [0.2, 0.25) is 5.95 Å². The van der Waals surface area contributed by atoms with Crippen molar-refractivity contribution in [2.75, 3.05) is 17.7 Å².